The number of hydrogen-bond acceptors (Lipinski definition) is 2. The third-order valence-electron chi connectivity index (χ3n) is 3.66. The molecule has 1 aliphatic rings. The molecule has 1 atom stereocenters. The molecule has 108 valence electrons. The number of aryl methyl sites for hydroxylation is 1. The van der Waals surface area contributed by atoms with Crippen molar-refractivity contribution >= 4 is 39.1 Å². The molecule has 3 nitrogen and oxygen atoms in total. The van der Waals surface area contributed by atoms with E-state index in [1.807, 2.05) is 25.1 Å². The number of halogens is 2. The Bertz CT molecular complexity index is 745. The molecule has 0 radical (unpaired) electrons. The van der Waals surface area contributed by atoms with Crippen molar-refractivity contribution in [2.45, 2.75) is 19.4 Å². The van der Waals surface area contributed by atoms with Crippen molar-refractivity contribution in [1.29, 1.82) is 0 Å². The van der Waals surface area contributed by atoms with Crippen LogP contribution in [0.15, 0.2) is 34.8 Å². The summed E-state index contributed by atoms with van der Waals surface area (Å²) in [6.45, 7) is 1.97. The number of amides is 1. The minimum atomic E-state index is -0.840. The van der Waals surface area contributed by atoms with Gasteiger partial charge in [0, 0.05) is 20.7 Å². The Balaban J connectivity index is 2.06. The topological polar surface area (TPSA) is 49.3 Å². The molecule has 0 fully saturated rings. The molecule has 0 aromatic heterocycles. The van der Waals surface area contributed by atoms with Gasteiger partial charge in [-0.2, -0.15) is 0 Å². The van der Waals surface area contributed by atoms with Crippen LogP contribution in [-0.4, -0.2) is 11.0 Å². The van der Waals surface area contributed by atoms with E-state index in [2.05, 4.69) is 21.2 Å². The molecule has 21 heavy (non-hydrogen) atoms. The molecule has 0 bridgehead atoms. The van der Waals surface area contributed by atoms with E-state index >= 15 is 0 Å². The van der Waals surface area contributed by atoms with Crippen molar-refractivity contribution in [3.8, 4) is 0 Å². The highest BCUT2D eigenvalue weighted by Gasteiger charge is 2.23. The van der Waals surface area contributed by atoms with Crippen LogP contribution in [0.5, 0.6) is 0 Å². The Hall–Kier alpha value is -1.36. The normalized spacial score (nSPS) is 14.8. The summed E-state index contributed by atoms with van der Waals surface area (Å²) in [4.78, 5) is 11.4. The Morgan fingerprint density at radius 3 is 2.86 bits per heavy atom. The lowest BCUT2D eigenvalue weighted by molar-refractivity contribution is -0.115. The Kier molecular flexibility index (Phi) is 3.78. The summed E-state index contributed by atoms with van der Waals surface area (Å²) < 4.78 is 0.864. The van der Waals surface area contributed by atoms with Gasteiger partial charge >= 0.3 is 0 Å². The Morgan fingerprint density at radius 1 is 1.33 bits per heavy atom. The minimum Gasteiger partial charge on any atom is -0.384 e. The summed E-state index contributed by atoms with van der Waals surface area (Å²) in [5, 5.41) is 13.8. The second kappa shape index (κ2) is 5.44. The third-order valence-corrected chi connectivity index (χ3v) is 5.07. The highest BCUT2D eigenvalue weighted by molar-refractivity contribution is 9.10. The van der Waals surface area contributed by atoms with Crippen LogP contribution in [0.25, 0.3) is 0 Å². The Morgan fingerprint density at radius 2 is 2.10 bits per heavy atom. The third kappa shape index (κ3) is 2.59. The number of aliphatic hydroxyl groups is 1. The maximum Gasteiger partial charge on any atom is 0.228 e. The fraction of sp³-hybridized carbons (Fsp3) is 0.188. The van der Waals surface area contributed by atoms with Crippen molar-refractivity contribution in [3.05, 3.63) is 62.1 Å². The average Bonchev–Trinajstić information content (AvgIpc) is 2.79. The summed E-state index contributed by atoms with van der Waals surface area (Å²) in [6.07, 6.45) is -0.519. The summed E-state index contributed by atoms with van der Waals surface area (Å²) in [5.41, 5.74) is 4.00. The van der Waals surface area contributed by atoms with Crippen LogP contribution in [0.3, 0.4) is 0 Å². The number of benzene rings is 2. The first-order valence-corrected chi connectivity index (χ1v) is 7.69. The number of nitrogens with one attached hydrogen (secondary N) is 1. The van der Waals surface area contributed by atoms with Gasteiger partial charge in [0.1, 0.15) is 6.10 Å². The number of hydrogen-bond donors (Lipinski definition) is 2. The van der Waals surface area contributed by atoms with Gasteiger partial charge in [-0.3, -0.25) is 4.79 Å². The van der Waals surface area contributed by atoms with Gasteiger partial charge in [-0.15, -0.1) is 0 Å². The van der Waals surface area contributed by atoms with Crippen molar-refractivity contribution in [2.75, 3.05) is 5.32 Å². The van der Waals surface area contributed by atoms with E-state index in [1.165, 1.54) is 0 Å². The molecule has 0 saturated carbocycles. The number of rotatable bonds is 2. The van der Waals surface area contributed by atoms with Crippen LogP contribution in [-0.2, 0) is 11.2 Å². The number of aliphatic hydroxyl groups excluding tert-OH is 1. The molecule has 2 N–H and O–H groups in total. The maximum atomic E-state index is 11.4. The lowest BCUT2D eigenvalue weighted by Crippen LogP contribution is -2.03. The monoisotopic (exact) mass is 365 g/mol. The van der Waals surface area contributed by atoms with E-state index < -0.39 is 6.10 Å². The highest BCUT2D eigenvalue weighted by Crippen LogP contribution is 2.37. The zero-order valence-electron chi connectivity index (χ0n) is 11.3. The first kappa shape index (κ1) is 14.6. The SMILES string of the molecule is Cc1cccc(C(O)c2cc3c(cc2Cl)NC(=O)C3)c1Br. The molecule has 2 aromatic carbocycles. The summed E-state index contributed by atoms with van der Waals surface area (Å²) in [5.74, 6) is -0.0514. The average molecular weight is 367 g/mol. The molecule has 5 heteroatoms. The van der Waals surface area contributed by atoms with Crippen molar-refractivity contribution < 1.29 is 9.90 Å². The number of carbonyl (C=O) groups excluding carboxylic acids is 1. The second-order valence-corrected chi connectivity index (χ2v) is 6.34. The molecular formula is C16H13BrClNO2. The van der Waals surface area contributed by atoms with Crippen LogP contribution >= 0.6 is 27.5 Å². The molecule has 1 heterocycles. The van der Waals surface area contributed by atoms with Crippen LogP contribution in [0, 0.1) is 6.92 Å². The van der Waals surface area contributed by atoms with E-state index in [0.29, 0.717) is 17.0 Å². The molecule has 1 amide bonds. The number of anilines is 1. The smallest absolute Gasteiger partial charge is 0.228 e. The van der Waals surface area contributed by atoms with Crippen LogP contribution in [0.2, 0.25) is 5.02 Å². The maximum absolute atomic E-state index is 11.4. The molecule has 1 unspecified atom stereocenters. The number of carbonyl (C=O) groups is 1. The lowest BCUT2D eigenvalue weighted by atomic mass is 9.97. The van der Waals surface area contributed by atoms with E-state index in [-0.39, 0.29) is 5.91 Å². The van der Waals surface area contributed by atoms with Gasteiger partial charge in [-0.25, -0.2) is 0 Å². The van der Waals surface area contributed by atoms with Crippen molar-refractivity contribution in [3.63, 3.8) is 0 Å². The first-order valence-electron chi connectivity index (χ1n) is 6.52. The predicted molar refractivity (Wildman–Crippen MR) is 86.7 cm³/mol. The van der Waals surface area contributed by atoms with E-state index in [4.69, 9.17) is 11.6 Å². The predicted octanol–water partition coefficient (Wildman–Crippen LogP) is 3.99. The summed E-state index contributed by atoms with van der Waals surface area (Å²) >= 11 is 9.77. The largest absolute Gasteiger partial charge is 0.384 e. The van der Waals surface area contributed by atoms with Crippen molar-refractivity contribution in [2.24, 2.45) is 0 Å². The summed E-state index contributed by atoms with van der Waals surface area (Å²) in [6, 6.07) is 9.21. The number of fused-ring (bicyclic) bond motifs is 1. The van der Waals surface area contributed by atoms with Gasteiger partial charge in [0.15, 0.2) is 0 Å². The molecule has 0 aliphatic carbocycles. The summed E-state index contributed by atoms with van der Waals surface area (Å²) in [7, 11) is 0. The standard InChI is InChI=1S/C16H13BrClNO2/c1-8-3-2-4-10(15(8)17)16(21)11-5-9-6-14(20)19-13(9)7-12(11)18/h2-5,7,16,21H,6H2,1H3,(H,19,20). The first-order chi connectivity index (χ1) is 9.97. The minimum absolute atomic E-state index is 0.0514. The molecule has 3 rings (SSSR count). The second-order valence-electron chi connectivity index (χ2n) is 5.14. The van der Waals surface area contributed by atoms with Gasteiger partial charge in [0.2, 0.25) is 5.91 Å². The van der Waals surface area contributed by atoms with Gasteiger partial charge in [-0.05, 0) is 35.7 Å². The van der Waals surface area contributed by atoms with E-state index in [0.717, 1.165) is 26.9 Å². The van der Waals surface area contributed by atoms with Gasteiger partial charge in [-0.1, -0.05) is 45.7 Å². The van der Waals surface area contributed by atoms with Gasteiger partial charge < -0.3 is 10.4 Å². The zero-order chi connectivity index (χ0) is 15.1. The quantitative estimate of drug-likeness (QED) is 0.844. The molecular weight excluding hydrogens is 354 g/mol. The Labute approximate surface area is 136 Å². The van der Waals surface area contributed by atoms with E-state index in [9.17, 15) is 9.90 Å². The molecule has 2 aromatic rings. The lowest BCUT2D eigenvalue weighted by Gasteiger charge is -2.17. The molecule has 0 spiro atoms. The fourth-order valence-electron chi connectivity index (χ4n) is 2.53. The van der Waals surface area contributed by atoms with Crippen LogP contribution in [0.1, 0.15) is 28.4 Å². The fourth-order valence-corrected chi connectivity index (χ4v) is 3.27. The molecule has 0 saturated heterocycles. The van der Waals surface area contributed by atoms with Gasteiger partial charge in [0.05, 0.1) is 6.42 Å². The van der Waals surface area contributed by atoms with E-state index in [1.54, 1.807) is 12.1 Å². The van der Waals surface area contributed by atoms with Crippen molar-refractivity contribution in [1.82, 2.24) is 0 Å². The highest BCUT2D eigenvalue weighted by atomic mass is 79.9. The van der Waals surface area contributed by atoms with Gasteiger partial charge in [0.25, 0.3) is 0 Å². The van der Waals surface area contributed by atoms with Crippen LogP contribution in [0.4, 0.5) is 5.69 Å². The zero-order valence-corrected chi connectivity index (χ0v) is 13.6. The van der Waals surface area contributed by atoms with Crippen LogP contribution < -0.4 is 5.32 Å². The molecule has 1 aliphatic heterocycles.